The van der Waals surface area contributed by atoms with E-state index in [0.717, 1.165) is 19.3 Å². The van der Waals surface area contributed by atoms with E-state index in [9.17, 15) is 0 Å². The topological polar surface area (TPSA) is 86.3 Å². The molecule has 0 aliphatic rings. The summed E-state index contributed by atoms with van der Waals surface area (Å²) in [6, 6.07) is 0.0947. The van der Waals surface area contributed by atoms with Crippen molar-refractivity contribution < 1.29 is 4.74 Å². The minimum absolute atomic E-state index is 0.0947. The minimum atomic E-state index is 0.0947. The lowest BCUT2D eigenvalue weighted by Crippen LogP contribution is -2.16. The molecule has 82 valence electrons. The van der Waals surface area contributed by atoms with E-state index in [0.29, 0.717) is 6.61 Å². The molecule has 2 N–H and O–H groups in total. The highest BCUT2D eigenvalue weighted by atomic mass is 16.5. The molecule has 0 radical (unpaired) electrons. The fourth-order valence-corrected chi connectivity index (χ4v) is 0.950. The van der Waals surface area contributed by atoms with Gasteiger partial charge in [0.05, 0.1) is 6.61 Å². The second-order valence-electron chi connectivity index (χ2n) is 2.94. The summed E-state index contributed by atoms with van der Waals surface area (Å²) in [5.74, 6) is 0.262. The first kappa shape index (κ1) is 11.4. The number of ether oxygens (including phenoxy) is 1. The van der Waals surface area contributed by atoms with Crippen molar-refractivity contribution in [2.45, 2.75) is 26.2 Å². The van der Waals surface area contributed by atoms with Crippen molar-refractivity contribution in [2.75, 3.05) is 6.61 Å². The lowest BCUT2D eigenvalue weighted by Gasteiger charge is -2.02. The van der Waals surface area contributed by atoms with Crippen molar-refractivity contribution in [1.29, 1.82) is 0 Å². The van der Waals surface area contributed by atoms with Gasteiger partial charge in [0.25, 0.3) is 12.0 Å². The highest BCUT2D eigenvalue weighted by Crippen LogP contribution is 1.99. The normalized spacial score (nSPS) is 11.4. The SMILES string of the molecule is CCCCCOC(N)=Nc1ncncn1. The second kappa shape index (κ2) is 6.69. The summed E-state index contributed by atoms with van der Waals surface area (Å²) in [7, 11) is 0. The van der Waals surface area contributed by atoms with Gasteiger partial charge in [-0.25, -0.2) is 4.98 Å². The number of hydrogen-bond donors (Lipinski definition) is 1. The van der Waals surface area contributed by atoms with Crippen molar-refractivity contribution in [3.63, 3.8) is 0 Å². The molecule has 1 heterocycles. The Morgan fingerprint density at radius 3 is 2.80 bits per heavy atom. The van der Waals surface area contributed by atoms with E-state index in [-0.39, 0.29) is 12.0 Å². The molecular weight excluding hydrogens is 194 g/mol. The maximum absolute atomic E-state index is 5.52. The molecule has 1 aromatic heterocycles. The van der Waals surface area contributed by atoms with Gasteiger partial charge in [0.15, 0.2) is 0 Å². The molecular formula is C9H15N5O. The van der Waals surface area contributed by atoms with E-state index in [1.165, 1.54) is 12.7 Å². The Kier molecular flexibility index (Phi) is 5.07. The lowest BCUT2D eigenvalue weighted by atomic mass is 10.3. The van der Waals surface area contributed by atoms with Gasteiger partial charge in [-0.05, 0) is 6.42 Å². The van der Waals surface area contributed by atoms with Crippen molar-refractivity contribution in [3.05, 3.63) is 12.7 Å². The number of nitrogens with zero attached hydrogens (tertiary/aromatic N) is 4. The maximum Gasteiger partial charge on any atom is 0.290 e. The Balaban J connectivity index is 2.33. The summed E-state index contributed by atoms with van der Waals surface area (Å²) in [5, 5.41) is 0. The van der Waals surface area contributed by atoms with Crippen molar-refractivity contribution in [2.24, 2.45) is 10.7 Å². The molecule has 0 bridgehead atoms. The summed E-state index contributed by atoms with van der Waals surface area (Å²) >= 11 is 0. The molecule has 0 fully saturated rings. The van der Waals surface area contributed by atoms with Gasteiger partial charge in [-0.2, -0.15) is 15.0 Å². The van der Waals surface area contributed by atoms with E-state index in [4.69, 9.17) is 10.5 Å². The van der Waals surface area contributed by atoms with Crippen LogP contribution in [-0.2, 0) is 4.74 Å². The van der Waals surface area contributed by atoms with Crippen LogP contribution < -0.4 is 5.73 Å². The molecule has 0 aliphatic carbocycles. The van der Waals surface area contributed by atoms with E-state index < -0.39 is 0 Å². The predicted molar refractivity (Wildman–Crippen MR) is 56.6 cm³/mol. The molecule has 15 heavy (non-hydrogen) atoms. The van der Waals surface area contributed by atoms with Gasteiger partial charge in [0, 0.05) is 0 Å². The Morgan fingerprint density at radius 1 is 1.40 bits per heavy atom. The van der Waals surface area contributed by atoms with E-state index in [1.54, 1.807) is 0 Å². The fourth-order valence-electron chi connectivity index (χ4n) is 0.950. The predicted octanol–water partition coefficient (Wildman–Crippen LogP) is 1.02. The molecule has 6 nitrogen and oxygen atoms in total. The average molecular weight is 209 g/mol. The van der Waals surface area contributed by atoms with Gasteiger partial charge >= 0.3 is 0 Å². The van der Waals surface area contributed by atoms with E-state index in [1.807, 2.05) is 0 Å². The third-order valence-corrected chi connectivity index (χ3v) is 1.69. The third kappa shape index (κ3) is 4.90. The Hall–Kier alpha value is -1.72. The molecule has 0 unspecified atom stereocenters. The highest BCUT2D eigenvalue weighted by Gasteiger charge is 1.96. The quantitative estimate of drug-likeness (QED) is 0.444. The molecule has 0 aliphatic heterocycles. The zero-order valence-corrected chi connectivity index (χ0v) is 8.76. The standard InChI is InChI=1S/C9H15N5O/c1-2-3-4-5-15-8(10)14-9-12-6-11-7-13-9/h6-7H,2-5H2,1H3,(H2,10,11,12,13,14). The van der Waals surface area contributed by atoms with Crippen molar-refractivity contribution >= 4 is 12.0 Å². The summed E-state index contributed by atoms with van der Waals surface area (Å²) in [4.78, 5) is 15.1. The zero-order chi connectivity index (χ0) is 10.9. The van der Waals surface area contributed by atoms with Crippen LogP contribution in [0.1, 0.15) is 26.2 Å². The number of amidine groups is 1. The van der Waals surface area contributed by atoms with Crippen LogP contribution in [0.5, 0.6) is 0 Å². The van der Waals surface area contributed by atoms with E-state index >= 15 is 0 Å². The Labute approximate surface area is 88.6 Å². The molecule has 1 aromatic rings. The molecule has 0 saturated heterocycles. The van der Waals surface area contributed by atoms with Gasteiger partial charge < -0.3 is 10.5 Å². The zero-order valence-electron chi connectivity index (χ0n) is 8.76. The molecule has 1 rings (SSSR count). The van der Waals surface area contributed by atoms with E-state index in [2.05, 4.69) is 26.9 Å². The van der Waals surface area contributed by atoms with Gasteiger partial charge in [-0.1, -0.05) is 19.8 Å². The van der Waals surface area contributed by atoms with Crippen LogP contribution in [0.4, 0.5) is 5.95 Å². The number of nitrogens with two attached hydrogens (primary N) is 1. The molecule has 0 aromatic carbocycles. The van der Waals surface area contributed by atoms with Crippen LogP contribution >= 0.6 is 0 Å². The lowest BCUT2D eigenvalue weighted by molar-refractivity contribution is 0.289. The fraction of sp³-hybridized carbons (Fsp3) is 0.556. The number of aromatic nitrogens is 3. The first-order valence-electron chi connectivity index (χ1n) is 4.92. The summed E-state index contributed by atoms with van der Waals surface area (Å²) < 4.78 is 5.18. The molecule has 6 heteroatoms. The van der Waals surface area contributed by atoms with Gasteiger partial charge in [-0.15, -0.1) is 0 Å². The first-order chi connectivity index (χ1) is 7.33. The van der Waals surface area contributed by atoms with Crippen molar-refractivity contribution in [1.82, 2.24) is 15.0 Å². The first-order valence-corrected chi connectivity index (χ1v) is 4.92. The molecule has 0 amide bonds. The van der Waals surface area contributed by atoms with Crippen LogP contribution in [-0.4, -0.2) is 27.6 Å². The van der Waals surface area contributed by atoms with Crippen LogP contribution in [0.15, 0.2) is 17.6 Å². The van der Waals surface area contributed by atoms with Gasteiger partial charge in [0.1, 0.15) is 12.7 Å². The summed E-state index contributed by atoms with van der Waals surface area (Å²) in [5.41, 5.74) is 5.52. The number of aliphatic imine (C=N–C) groups is 1. The molecule has 0 saturated carbocycles. The molecule has 0 atom stereocenters. The summed E-state index contributed by atoms with van der Waals surface area (Å²) in [6.07, 6.45) is 5.96. The number of rotatable bonds is 5. The maximum atomic E-state index is 5.52. The largest absolute Gasteiger partial charge is 0.465 e. The Bertz CT molecular complexity index is 301. The van der Waals surface area contributed by atoms with Crippen LogP contribution in [0.3, 0.4) is 0 Å². The molecule has 0 spiro atoms. The van der Waals surface area contributed by atoms with Gasteiger partial charge in [-0.3, -0.25) is 0 Å². The second-order valence-corrected chi connectivity index (χ2v) is 2.94. The minimum Gasteiger partial charge on any atom is -0.465 e. The summed E-state index contributed by atoms with van der Waals surface area (Å²) in [6.45, 7) is 2.70. The van der Waals surface area contributed by atoms with Crippen LogP contribution in [0.2, 0.25) is 0 Å². The Morgan fingerprint density at radius 2 is 2.13 bits per heavy atom. The smallest absolute Gasteiger partial charge is 0.290 e. The average Bonchev–Trinajstić information content (AvgIpc) is 2.26. The van der Waals surface area contributed by atoms with Crippen LogP contribution in [0, 0.1) is 0 Å². The van der Waals surface area contributed by atoms with Crippen LogP contribution in [0.25, 0.3) is 0 Å². The highest BCUT2D eigenvalue weighted by molar-refractivity contribution is 5.73. The number of unbranched alkanes of at least 4 members (excludes halogenated alkanes) is 2. The third-order valence-electron chi connectivity index (χ3n) is 1.69. The van der Waals surface area contributed by atoms with Crippen molar-refractivity contribution in [3.8, 4) is 0 Å². The monoisotopic (exact) mass is 209 g/mol. The number of hydrogen-bond acceptors (Lipinski definition) is 5. The van der Waals surface area contributed by atoms with Gasteiger partial charge in [0.2, 0.25) is 0 Å².